The molecule has 0 N–H and O–H groups in total. The molecule has 2 aliphatic rings. The number of piperidine rings is 1. The molecule has 2 heteroatoms. The first-order valence-corrected chi connectivity index (χ1v) is 5.11. The molecule has 1 radical (unpaired) electrons. The van der Waals surface area contributed by atoms with Crippen LogP contribution in [-0.4, -0.2) is 37.2 Å². The minimum atomic E-state index is 0.545. The van der Waals surface area contributed by atoms with Crippen LogP contribution in [0.5, 0.6) is 0 Å². The molecule has 0 aromatic rings. The monoisotopic (exact) mass is 168 g/mol. The number of hydrogen-bond acceptors (Lipinski definition) is 2. The summed E-state index contributed by atoms with van der Waals surface area (Å²) in [5.41, 5.74) is 0. The molecule has 2 saturated heterocycles. The van der Waals surface area contributed by atoms with E-state index in [0.717, 1.165) is 6.61 Å². The molecule has 2 aliphatic heterocycles. The van der Waals surface area contributed by atoms with Crippen LogP contribution >= 0.6 is 0 Å². The van der Waals surface area contributed by atoms with Crippen molar-refractivity contribution < 1.29 is 4.74 Å². The second kappa shape index (κ2) is 4.24. The summed E-state index contributed by atoms with van der Waals surface area (Å²) in [7, 11) is 0. The first-order valence-electron chi connectivity index (χ1n) is 5.11. The van der Waals surface area contributed by atoms with Crippen LogP contribution in [0, 0.1) is 6.42 Å². The van der Waals surface area contributed by atoms with Gasteiger partial charge in [0.1, 0.15) is 0 Å². The Morgan fingerprint density at radius 2 is 2.17 bits per heavy atom. The highest BCUT2D eigenvalue weighted by Crippen LogP contribution is 2.15. The van der Waals surface area contributed by atoms with Gasteiger partial charge in [-0.1, -0.05) is 0 Å². The van der Waals surface area contributed by atoms with E-state index in [1.165, 1.54) is 45.3 Å². The van der Waals surface area contributed by atoms with Gasteiger partial charge in [0.15, 0.2) is 0 Å². The molecule has 2 heterocycles. The predicted octanol–water partition coefficient (Wildman–Crippen LogP) is 1.47. The lowest BCUT2D eigenvalue weighted by Gasteiger charge is -2.28. The fraction of sp³-hybridized carbons (Fsp3) is 0.900. The van der Waals surface area contributed by atoms with Gasteiger partial charge in [-0.2, -0.15) is 0 Å². The van der Waals surface area contributed by atoms with E-state index in [2.05, 4.69) is 11.3 Å². The SMILES string of the molecule is [CH]1CCN(CC2CCCO2)CC1. The van der Waals surface area contributed by atoms with Crippen LogP contribution in [0.25, 0.3) is 0 Å². The first kappa shape index (κ1) is 8.52. The van der Waals surface area contributed by atoms with Crippen LogP contribution in [0.15, 0.2) is 0 Å². The maximum atomic E-state index is 5.60. The standard InChI is InChI=1S/C10H18NO/c1-2-6-11(7-3-1)9-10-5-4-8-12-10/h1,10H,2-9H2. The van der Waals surface area contributed by atoms with E-state index in [9.17, 15) is 0 Å². The Labute approximate surface area is 74.9 Å². The van der Waals surface area contributed by atoms with E-state index in [4.69, 9.17) is 4.74 Å². The summed E-state index contributed by atoms with van der Waals surface area (Å²) in [5.74, 6) is 0. The van der Waals surface area contributed by atoms with Gasteiger partial charge < -0.3 is 9.64 Å². The van der Waals surface area contributed by atoms with Crippen molar-refractivity contribution in [2.45, 2.75) is 31.8 Å². The number of ether oxygens (including phenoxy) is 1. The van der Waals surface area contributed by atoms with Gasteiger partial charge in [-0.25, -0.2) is 0 Å². The quantitative estimate of drug-likeness (QED) is 0.619. The van der Waals surface area contributed by atoms with E-state index in [1.54, 1.807) is 0 Å². The Kier molecular flexibility index (Phi) is 3.01. The molecule has 2 nitrogen and oxygen atoms in total. The van der Waals surface area contributed by atoms with E-state index in [1.807, 2.05) is 0 Å². The van der Waals surface area contributed by atoms with Crippen molar-refractivity contribution in [1.29, 1.82) is 0 Å². The van der Waals surface area contributed by atoms with Crippen molar-refractivity contribution in [3.63, 3.8) is 0 Å². The zero-order valence-electron chi connectivity index (χ0n) is 7.67. The van der Waals surface area contributed by atoms with Crippen molar-refractivity contribution in [1.82, 2.24) is 4.90 Å². The van der Waals surface area contributed by atoms with E-state index < -0.39 is 0 Å². The van der Waals surface area contributed by atoms with E-state index in [-0.39, 0.29) is 0 Å². The summed E-state index contributed by atoms with van der Waals surface area (Å²) in [6.07, 6.45) is 8.03. The normalized spacial score (nSPS) is 32.5. The largest absolute Gasteiger partial charge is 0.377 e. The molecule has 2 rings (SSSR count). The van der Waals surface area contributed by atoms with Crippen LogP contribution in [0.3, 0.4) is 0 Å². The molecular weight excluding hydrogens is 150 g/mol. The van der Waals surface area contributed by atoms with Gasteiger partial charge in [0.25, 0.3) is 0 Å². The maximum absolute atomic E-state index is 5.60. The van der Waals surface area contributed by atoms with Crippen LogP contribution in [0.1, 0.15) is 25.7 Å². The fourth-order valence-corrected chi connectivity index (χ4v) is 2.06. The van der Waals surface area contributed by atoms with Crippen molar-refractivity contribution in [2.75, 3.05) is 26.2 Å². The first-order chi connectivity index (χ1) is 5.95. The van der Waals surface area contributed by atoms with Gasteiger partial charge >= 0.3 is 0 Å². The molecule has 0 amide bonds. The molecule has 1 unspecified atom stereocenters. The minimum Gasteiger partial charge on any atom is -0.377 e. The number of likely N-dealkylation sites (tertiary alicyclic amines) is 1. The van der Waals surface area contributed by atoms with Gasteiger partial charge in [-0.15, -0.1) is 0 Å². The second-order valence-corrected chi connectivity index (χ2v) is 3.80. The molecule has 0 aromatic heterocycles. The summed E-state index contributed by atoms with van der Waals surface area (Å²) in [5, 5.41) is 0. The van der Waals surface area contributed by atoms with Gasteiger partial charge in [0.2, 0.25) is 0 Å². The van der Waals surface area contributed by atoms with Crippen LogP contribution < -0.4 is 0 Å². The highest BCUT2D eigenvalue weighted by molar-refractivity contribution is 4.79. The third kappa shape index (κ3) is 2.20. The molecule has 0 bridgehead atoms. The molecule has 0 aliphatic carbocycles. The lowest BCUT2D eigenvalue weighted by Crippen LogP contribution is -2.36. The van der Waals surface area contributed by atoms with Crippen LogP contribution in [0.2, 0.25) is 0 Å². The van der Waals surface area contributed by atoms with Gasteiger partial charge in [-0.3, -0.25) is 0 Å². The molecule has 0 saturated carbocycles. The second-order valence-electron chi connectivity index (χ2n) is 3.80. The zero-order chi connectivity index (χ0) is 8.23. The average Bonchev–Trinajstić information content (AvgIpc) is 2.59. The summed E-state index contributed by atoms with van der Waals surface area (Å²) < 4.78 is 5.60. The average molecular weight is 168 g/mol. The van der Waals surface area contributed by atoms with E-state index in [0.29, 0.717) is 6.10 Å². The highest BCUT2D eigenvalue weighted by Gasteiger charge is 2.19. The third-order valence-corrected chi connectivity index (χ3v) is 2.78. The zero-order valence-corrected chi connectivity index (χ0v) is 7.67. The smallest absolute Gasteiger partial charge is 0.0702 e. The van der Waals surface area contributed by atoms with Crippen molar-refractivity contribution in [3.8, 4) is 0 Å². The Morgan fingerprint density at radius 3 is 2.83 bits per heavy atom. The molecule has 12 heavy (non-hydrogen) atoms. The molecule has 0 aromatic carbocycles. The molecule has 1 atom stereocenters. The molecule has 2 fully saturated rings. The fourth-order valence-electron chi connectivity index (χ4n) is 2.06. The Bertz CT molecular complexity index is 126. The molecule has 69 valence electrons. The lowest BCUT2D eigenvalue weighted by atomic mass is 10.1. The summed E-state index contributed by atoms with van der Waals surface area (Å²) >= 11 is 0. The highest BCUT2D eigenvalue weighted by atomic mass is 16.5. The summed E-state index contributed by atoms with van der Waals surface area (Å²) in [4.78, 5) is 2.54. The predicted molar refractivity (Wildman–Crippen MR) is 48.9 cm³/mol. The van der Waals surface area contributed by atoms with Gasteiger partial charge in [0, 0.05) is 13.2 Å². The number of nitrogens with zero attached hydrogens (tertiary/aromatic N) is 1. The molecular formula is C10H18NO. The van der Waals surface area contributed by atoms with Crippen LogP contribution in [0.4, 0.5) is 0 Å². The third-order valence-electron chi connectivity index (χ3n) is 2.78. The van der Waals surface area contributed by atoms with Crippen molar-refractivity contribution in [3.05, 3.63) is 6.42 Å². The van der Waals surface area contributed by atoms with Crippen LogP contribution in [-0.2, 0) is 4.74 Å². The number of rotatable bonds is 2. The minimum absolute atomic E-state index is 0.545. The Hall–Kier alpha value is -0.0800. The van der Waals surface area contributed by atoms with Gasteiger partial charge in [0.05, 0.1) is 6.10 Å². The van der Waals surface area contributed by atoms with Crippen molar-refractivity contribution in [2.24, 2.45) is 0 Å². The topological polar surface area (TPSA) is 12.5 Å². The Balaban J connectivity index is 1.69. The number of hydrogen-bond donors (Lipinski definition) is 0. The maximum Gasteiger partial charge on any atom is 0.0702 e. The van der Waals surface area contributed by atoms with Gasteiger partial charge in [-0.05, 0) is 45.2 Å². The van der Waals surface area contributed by atoms with Crippen molar-refractivity contribution >= 4 is 0 Å². The summed E-state index contributed by atoms with van der Waals surface area (Å²) in [6, 6.07) is 0. The lowest BCUT2D eigenvalue weighted by molar-refractivity contribution is 0.0702. The molecule has 0 spiro atoms. The Morgan fingerprint density at radius 1 is 1.33 bits per heavy atom. The summed E-state index contributed by atoms with van der Waals surface area (Å²) in [6.45, 7) is 4.66. The van der Waals surface area contributed by atoms with E-state index >= 15 is 0 Å².